The molecule has 0 saturated heterocycles. The van der Waals surface area contributed by atoms with Crippen molar-refractivity contribution in [2.75, 3.05) is 6.54 Å². The maximum absolute atomic E-state index is 12.7. The van der Waals surface area contributed by atoms with Crippen LogP contribution in [-0.2, 0) is 17.4 Å². The molecule has 0 fully saturated rings. The van der Waals surface area contributed by atoms with Gasteiger partial charge in [-0.3, -0.25) is 4.79 Å². The predicted molar refractivity (Wildman–Crippen MR) is 142 cm³/mol. The van der Waals surface area contributed by atoms with Crippen LogP contribution in [0.3, 0.4) is 0 Å². The van der Waals surface area contributed by atoms with E-state index in [2.05, 4.69) is 16.8 Å². The number of carbonyl (C=O) groups excluding carboxylic acids is 1. The van der Waals surface area contributed by atoms with Crippen molar-refractivity contribution in [2.45, 2.75) is 65.2 Å². The van der Waals surface area contributed by atoms with Gasteiger partial charge < -0.3 is 14.1 Å². The van der Waals surface area contributed by atoms with E-state index in [1.54, 1.807) is 24.3 Å². The standard InChI is InChI=1S/C27H37N3O4S/c1-4-5-6-7-8-9-10-11-18-29-27(31)22-14-17-25-24(19-22)20(2)26(30(25)3)21-12-15-23(16-13-21)34-35(28,32)33/h12-17,19H,4-11,18H2,1-3H3,(H,29,31)(H2,28,32,33). The van der Waals surface area contributed by atoms with Crippen LogP contribution < -0.4 is 14.6 Å². The van der Waals surface area contributed by atoms with Gasteiger partial charge in [0.15, 0.2) is 0 Å². The molecule has 0 spiro atoms. The molecule has 8 heteroatoms. The van der Waals surface area contributed by atoms with E-state index in [1.165, 1.54) is 38.5 Å². The minimum absolute atomic E-state index is 0.0517. The third kappa shape index (κ3) is 7.32. The topological polar surface area (TPSA) is 103 Å². The Hall–Kier alpha value is -2.84. The van der Waals surface area contributed by atoms with Crippen molar-refractivity contribution < 1.29 is 17.4 Å². The van der Waals surface area contributed by atoms with E-state index in [0.717, 1.165) is 40.6 Å². The Balaban J connectivity index is 1.64. The molecule has 2 aromatic carbocycles. The molecule has 0 aliphatic rings. The molecule has 3 N–H and O–H groups in total. The van der Waals surface area contributed by atoms with Gasteiger partial charge in [-0.05, 0) is 66.9 Å². The van der Waals surface area contributed by atoms with E-state index in [4.69, 9.17) is 9.32 Å². The van der Waals surface area contributed by atoms with Crippen molar-refractivity contribution in [3.05, 3.63) is 53.6 Å². The van der Waals surface area contributed by atoms with Crippen LogP contribution in [0.25, 0.3) is 22.2 Å². The first-order valence-electron chi connectivity index (χ1n) is 12.4. The molecule has 0 unspecified atom stereocenters. The molecule has 7 nitrogen and oxygen atoms in total. The van der Waals surface area contributed by atoms with Crippen molar-refractivity contribution in [1.29, 1.82) is 0 Å². The fourth-order valence-electron chi connectivity index (χ4n) is 4.55. The third-order valence-electron chi connectivity index (χ3n) is 6.37. The second kappa shape index (κ2) is 12.2. The lowest BCUT2D eigenvalue weighted by molar-refractivity contribution is 0.0953. The average molecular weight is 500 g/mol. The molecule has 0 saturated carbocycles. The number of nitrogens with one attached hydrogen (secondary N) is 1. The fraction of sp³-hybridized carbons (Fsp3) is 0.444. The molecule has 1 aromatic heterocycles. The number of fused-ring (bicyclic) bond motifs is 1. The normalized spacial score (nSPS) is 11.7. The number of unbranched alkanes of at least 4 members (excludes halogenated alkanes) is 7. The highest BCUT2D eigenvalue weighted by Gasteiger charge is 2.16. The number of aryl methyl sites for hydroxylation is 2. The van der Waals surface area contributed by atoms with E-state index in [1.807, 2.05) is 32.2 Å². The van der Waals surface area contributed by atoms with Crippen molar-refractivity contribution >= 4 is 27.1 Å². The van der Waals surface area contributed by atoms with Crippen LogP contribution >= 0.6 is 0 Å². The van der Waals surface area contributed by atoms with Crippen molar-refractivity contribution in [2.24, 2.45) is 12.2 Å². The molecule has 3 rings (SSSR count). The summed E-state index contributed by atoms with van der Waals surface area (Å²) in [5, 5.41) is 9.00. The summed E-state index contributed by atoms with van der Waals surface area (Å²) < 4.78 is 29.1. The van der Waals surface area contributed by atoms with Crippen LogP contribution in [0, 0.1) is 6.92 Å². The monoisotopic (exact) mass is 499 g/mol. The molecule has 0 aliphatic heterocycles. The van der Waals surface area contributed by atoms with Gasteiger partial charge in [-0.2, -0.15) is 13.6 Å². The zero-order valence-electron chi connectivity index (χ0n) is 21.0. The van der Waals surface area contributed by atoms with Crippen LogP contribution in [0.15, 0.2) is 42.5 Å². The zero-order valence-corrected chi connectivity index (χ0v) is 21.8. The summed E-state index contributed by atoms with van der Waals surface area (Å²) >= 11 is 0. The number of benzene rings is 2. The van der Waals surface area contributed by atoms with E-state index < -0.39 is 10.3 Å². The number of amides is 1. The smallest absolute Gasteiger partial charge is 0.371 e. The number of nitrogens with two attached hydrogens (primary N) is 1. The summed E-state index contributed by atoms with van der Waals surface area (Å²) in [6.45, 7) is 4.95. The number of nitrogens with zero attached hydrogens (tertiary/aromatic N) is 1. The summed E-state index contributed by atoms with van der Waals surface area (Å²) in [7, 11) is -2.09. The summed E-state index contributed by atoms with van der Waals surface area (Å²) in [5.74, 6) is 0.104. The zero-order chi connectivity index (χ0) is 25.4. The first-order chi connectivity index (χ1) is 16.7. The van der Waals surface area contributed by atoms with Gasteiger partial charge >= 0.3 is 10.3 Å². The molecular weight excluding hydrogens is 462 g/mol. The lowest BCUT2D eigenvalue weighted by atomic mass is 10.0. The minimum atomic E-state index is -4.06. The number of hydrogen-bond donors (Lipinski definition) is 2. The van der Waals surface area contributed by atoms with Crippen LogP contribution in [0.5, 0.6) is 5.75 Å². The van der Waals surface area contributed by atoms with Crippen molar-refractivity contribution in [3.8, 4) is 17.0 Å². The van der Waals surface area contributed by atoms with Gasteiger partial charge in [-0.15, -0.1) is 0 Å². The molecule has 1 heterocycles. The van der Waals surface area contributed by atoms with Gasteiger partial charge in [0.1, 0.15) is 5.75 Å². The Morgan fingerprint density at radius 3 is 2.23 bits per heavy atom. The quantitative estimate of drug-likeness (QED) is 0.298. The van der Waals surface area contributed by atoms with E-state index in [-0.39, 0.29) is 11.7 Å². The Morgan fingerprint density at radius 2 is 1.60 bits per heavy atom. The number of aromatic nitrogens is 1. The van der Waals surface area contributed by atoms with Gasteiger partial charge in [0.05, 0.1) is 5.69 Å². The second-order valence-electron chi connectivity index (χ2n) is 9.10. The highest BCUT2D eigenvalue weighted by atomic mass is 32.2. The van der Waals surface area contributed by atoms with Crippen molar-refractivity contribution in [1.82, 2.24) is 9.88 Å². The van der Waals surface area contributed by atoms with E-state index in [0.29, 0.717) is 12.1 Å². The molecule has 35 heavy (non-hydrogen) atoms. The van der Waals surface area contributed by atoms with Crippen LogP contribution in [0.4, 0.5) is 0 Å². The number of carbonyl (C=O) groups is 1. The van der Waals surface area contributed by atoms with Crippen molar-refractivity contribution in [3.63, 3.8) is 0 Å². The SMILES string of the molecule is CCCCCCCCCCNC(=O)c1ccc2c(c1)c(C)c(-c1ccc(OS(N)(=O)=O)cc1)n2C. The summed E-state index contributed by atoms with van der Waals surface area (Å²) in [6.07, 6.45) is 9.89. The maximum Gasteiger partial charge on any atom is 0.380 e. The molecule has 0 radical (unpaired) electrons. The molecule has 190 valence electrons. The first-order valence-corrected chi connectivity index (χ1v) is 13.9. The molecule has 0 aliphatic carbocycles. The molecule has 0 bridgehead atoms. The predicted octanol–water partition coefficient (Wildman–Crippen LogP) is 5.61. The molecule has 1 amide bonds. The summed E-state index contributed by atoms with van der Waals surface area (Å²) in [4.78, 5) is 12.7. The van der Waals surface area contributed by atoms with E-state index in [9.17, 15) is 13.2 Å². The molecule has 3 aromatic rings. The third-order valence-corrected chi connectivity index (χ3v) is 6.80. The lowest BCUT2D eigenvalue weighted by Gasteiger charge is -2.08. The Morgan fingerprint density at radius 1 is 0.971 bits per heavy atom. The van der Waals surface area contributed by atoms with Crippen LogP contribution in [0.1, 0.15) is 74.2 Å². The highest BCUT2D eigenvalue weighted by Crippen LogP contribution is 2.33. The average Bonchev–Trinajstić information content (AvgIpc) is 3.07. The Labute approximate surface area is 208 Å². The van der Waals surface area contributed by atoms with Gasteiger partial charge in [0.2, 0.25) is 0 Å². The van der Waals surface area contributed by atoms with Crippen LogP contribution in [0.2, 0.25) is 0 Å². The minimum Gasteiger partial charge on any atom is -0.371 e. The van der Waals surface area contributed by atoms with Gasteiger partial charge in [0.25, 0.3) is 5.91 Å². The summed E-state index contributed by atoms with van der Waals surface area (Å²) in [5.41, 5.74) is 4.60. The molecular formula is C27H37N3O4S. The second-order valence-corrected chi connectivity index (χ2v) is 10.2. The van der Waals surface area contributed by atoms with E-state index >= 15 is 0 Å². The van der Waals surface area contributed by atoms with Crippen LogP contribution in [-0.4, -0.2) is 25.4 Å². The van der Waals surface area contributed by atoms with Gasteiger partial charge in [-0.1, -0.05) is 51.9 Å². The maximum atomic E-state index is 12.7. The summed E-state index contributed by atoms with van der Waals surface area (Å²) in [6, 6.07) is 12.5. The fourth-order valence-corrected chi connectivity index (χ4v) is 4.92. The Kier molecular flexibility index (Phi) is 9.34. The molecule has 0 atom stereocenters. The largest absolute Gasteiger partial charge is 0.380 e. The first kappa shape index (κ1) is 26.8. The van der Waals surface area contributed by atoms with Gasteiger partial charge in [-0.25, -0.2) is 0 Å². The highest BCUT2D eigenvalue weighted by molar-refractivity contribution is 7.84. The number of hydrogen-bond acceptors (Lipinski definition) is 4. The van der Waals surface area contributed by atoms with Gasteiger partial charge in [0, 0.05) is 30.1 Å². The number of rotatable bonds is 13. The Bertz CT molecular complexity index is 1250. The lowest BCUT2D eigenvalue weighted by Crippen LogP contribution is -2.24.